The maximum atomic E-state index is 11.4. The van der Waals surface area contributed by atoms with Crippen LogP contribution in [0.2, 0.25) is 0 Å². The summed E-state index contributed by atoms with van der Waals surface area (Å²) in [6, 6.07) is 1.60. The van der Waals surface area contributed by atoms with Gasteiger partial charge in [0.1, 0.15) is 13.5 Å². The number of nitrogens with one attached hydrogen (secondary N) is 2. The van der Waals surface area contributed by atoms with Gasteiger partial charge in [-0.05, 0) is 19.3 Å². The summed E-state index contributed by atoms with van der Waals surface area (Å²) >= 11 is 0. The molecule has 2 radical (unpaired) electrons. The van der Waals surface area contributed by atoms with Crippen molar-refractivity contribution in [3.8, 4) is 0 Å². The fourth-order valence-corrected chi connectivity index (χ4v) is 1.49. The molecule has 0 fully saturated rings. The van der Waals surface area contributed by atoms with Gasteiger partial charge in [-0.2, -0.15) is 4.98 Å². The van der Waals surface area contributed by atoms with Gasteiger partial charge in [0.15, 0.2) is 0 Å². The predicted octanol–water partition coefficient (Wildman–Crippen LogP) is -0.148. The quantitative estimate of drug-likeness (QED) is 0.682. The van der Waals surface area contributed by atoms with Crippen LogP contribution in [0.4, 0.5) is 5.95 Å². The van der Waals surface area contributed by atoms with Crippen LogP contribution in [-0.2, 0) is 0 Å². The molecule has 2 heterocycles. The van der Waals surface area contributed by atoms with Gasteiger partial charge in [-0.3, -0.25) is 4.79 Å². The number of fused-ring (bicyclic) bond motifs is 1. The summed E-state index contributed by atoms with van der Waals surface area (Å²) in [6.07, 6.45) is 0. The summed E-state index contributed by atoms with van der Waals surface area (Å²) in [5.74, 6) is 0.507. The number of pyridine rings is 1. The Hall–Kier alpha value is -1.85. The number of rotatable bonds is 2. The van der Waals surface area contributed by atoms with Crippen LogP contribution in [0.3, 0.4) is 0 Å². The first-order chi connectivity index (χ1) is 7.61. The summed E-state index contributed by atoms with van der Waals surface area (Å²) in [6.45, 7) is 4.53. The number of aryl methyl sites for hydroxylation is 1. The molecule has 0 unspecified atom stereocenters. The van der Waals surface area contributed by atoms with Gasteiger partial charge in [-0.1, -0.05) is 6.07 Å². The van der Waals surface area contributed by atoms with Gasteiger partial charge in [0, 0.05) is 11.9 Å². The second-order valence-electron chi connectivity index (χ2n) is 3.48. The van der Waals surface area contributed by atoms with Crippen LogP contribution in [0, 0.1) is 6.92 Å². The highest BCUT2D eigenvalue weighted by Crippen LogP contribution is 2.12. The smallest absolute Gasteiger partial charge is 0.242 e. The van der Waals surface area contributed by atoms with E-state index in [0.29, 0.717) is 11.6 Å². The topological polar surface area (TPSA) is 70.7 Å². The minimum Gasteiger partial charge on any atom is -0.354 e. The molecular formula is C10H11BN4O. The Morgan fingerprint density at radius 1 is 1.50 bits per heavy atom. The second kappa shape index (κ2) is 3.96. The Labute approximate surface area is 93.7 Å². The minimum absolute atomic E-state index is 0.176. The van der Waals surface area contributed by atoms with Crippen molar-refractivity contribution in [3.05, 3.63) is 22.1 Å². The first-order valence-electron chi connectivity index (χ1n) is 5.03. The lowest BCUT2D eigenvalue weighted by Crippen LogP contribution is -2.27. The van der Waals surface area contributed by atoms with Gasteiger partial charge in [0.05, 0.1) is 5.69 Å². The van der Waals surface area contributed by atoms with E-state index in [1.165, 1.54) is 0 Å². The Morgan fingerprint density at radius 2 is 2.25 bits per heavy atom. The van der Waals surface area contributed by atoms with Crippen LogP contribution < -0.4 is 16.3 Å². The van der Waals surface area contributed by atoms with Gasteiger partial charge in [0.2, 0.25) is 11.5 Å². The van der Waals surface area contributed by atoms with E-state index in [4.69, 9.17) is 7.85 Å². The minimum atomic E-state index is -0.326. The molecule has 0 saturated carbocycles. The van der Waals surface area contributed by atoms with Crippen molar-refractivity contribution < 1.29 is 0 Å². The molecule has 0 saturated heterocycles. The monoisotopic (exact) mass is 214 g/mol. The molecule has 6 heteroatoms. The Morgan fingerprint density at radius 3 is 2.94 bits per heavy atom. The number of anilines is 1. The molecule has 2 N–H and O–H groups in total. The molecule has 2 aromatic heterocycles. The lowest BCUT2D eigenvalue weighted by Gasteiger charge is -2.06. The Kier molecular flexibility index (Phi) is 2.64. The van der Waals surface area contributed by atoms with Crippen molar-refractivity contribution in [2.45, 2.75) is 13.8 Å². The van der Waals surface area contributed by atoms with E-state index in [-0.39, 0.29) is 11.0 Å². The number of aromatic nitrogens is 3. The molecule has 0 aliphatic rings. The van der Waals surface area contributed by atoms with Gasteiger partial charge in [-0.15, -0.1) is 0 Å². The lowest BCUT2D eigenvalue weighted by molar-refractivity contribution is 1.07. The first kappa shape index (κ1) is 10.7. The standard InChI is InChI=1S/C10H11BN4O/c1-3-12-10-13-5(2)6-4-7(11)9(16)14-8(6)15-10/h4H,3H2,1-2H3,(H2,12,13,14,15,16). The number of hydrogen-bond donors (Lipinski definition) is 2. The van der Waals surface area contributed by atoms with Crippen molar-refractivity contribution in [1.82, 2.24) is 15.0 Å². The van der Waals surface area contributed by atoms with Gasteiger partial charge >= 0.3 is 0 Å². The molecule has 5 nitrogen and oxygen atoms in total. The number of hydrogen-bond acceptors (Lipinski definition) is 4. The molecule has 0 aliphatic heterocycles. The van der Waals surface area contributed by atoms with E-state index in [1.807, 2.05) is 13.8 Å². The summed E-state index contributed by atoms with van der Waals surface area (Å²) in [4.78, 5) is 22.4. The third kappa shape index (κ3) is 1.78. The molecule has 0 spiro atoms. The van der Waals surface area contributed by atoms with Crippen molar-refractivity contribution in [2.24, 2.45) is 0 Å². The van der Waals surface area contributed by atoms with Crippen LogP contribution in [-0.4, -0.2) is 29.3 Å². The SMILES string of the molecule is [B]c1cc2c(C)nc(NCC)nc2[nH]c1=O. The van der Waals surface area contributed by atoms with Crippen LogP contribution >= 0.6 is 0 Å². The summed E-state index contributed by atoms with van der Waals surface area (Å²) in [5, 5.41) is 3.76. The predicted molar refractivity (Wildman–Crippen MR) is 64.4 cm³/mol. The highest BCUT2D eigenvalue weighted by molar-refractivity contribution is 6.32. The molecule has 0 aromatic carbocycles. The zero-order chi connectivity index (χ0) is 11.7. The van der Waals surface area contributed by atoms with Gasteiger partial charge in [-0.25, -0.2) is 4.98 Å². The third-order valence-electron chi connectivity index (χ3n) is 2.27. The van der Waals surface area contributed by atoms with E-state index in [1.54, 1.807) is 6.07 Å². The average Bonchev–Trinajstić information content (AvgIpc) is 2.22. The first-order valence-corrected chi connectivity index (χ1v) is 5.03. The Bertz CT molecular complexity index is 593. The number of nitrogens with zero attached hydrogens (tertiary/aromatic N) is 2. The lowest BCUT2D eigenvalue weighted by atomic mass is 9.97. The van der Waals surface area contributed by atoms with Crippen molar-refractivity contribution in [1.29, 1.82) is 0 Å². The van der Waals surface area contributed by atoms with E-state index in [9.17, 15) is 4.79 Å². The maximum absolute atomic E-state index is 11.4. The molecule has 0 aliphatic carbocycles. The van der Waals surface area contributed by atoms with Gasteiger partial charge in [0.25, 0.3) is 0 Å². The second-order valence-corrected chi connectivity index (χ2v) is 3.48. The highest BCUT2D eigenvalue weighted by atomic mass is 16.1. The van der Waals surface area contributed by atoms with Crippen molar-refractivity contribution in [3.63, 3.8) is 0 Å². The third-order valence-corrected chi connectivity index (χ3v) is 2.27. The largest absolute Gasteiger partial charge is 0.354 e. The maximum Gasteiger partial charge on any atom is 0.242 e. The number of H-pyrrole nitrogens is 1. The zero-order valence-corrected chi connectivity index (χ0v) is 9.16. The van der Waals surface area contributed by atoms with Gasteiger partial charge < -0.3 is 10.3 Å². The van der Waals surface area contributed by atoms with Crippen LogP contribution in [0.1, 0.15) is 12.6 Å². The average molecular weight is 214 g/mol. The highest BCUT2D eigenvalue weighted by Gasteiger charge is 2.05. The molecule has 2 aromatic rings. The fraction of sp³-hybridized carbons (Fsp3) is 0.300. The Balaban J connectivity index is 2.72. The van der Waals surface area contributed by atoms with Crippen LogP contribution in [0.15, 0.2) is 10.9 Å². The van der Waals surface area contributed by atoms with E-state index >= 15 is 0 Å². The summed E-state index contributed by atoms with van der Waals surface area (Å²) in [7, 11) is 5.54. The van der Waals surface area contributed by atoms with E-state index < -0.39 is 0 Å². The van der Waals surface area contributed by atoms with E-state index in [0.717, 1.165) is 17.6 Å². The molecule has 2 rings (SSSR count). The molecular weight excluding hydrogens is 203 g/mol. The molecule has 16 heavy (non-hydrogen) atoms. The molecule has 80 valence electrons. The van der Waals surface area contributed by atoms with Crippen molar-refractivity contribution in [2.75, 3.05) is 11.9 Å². The molecule has 0 bridgehead atoms. The summed E-state index contributed by atoms with van der Waals surface area (Å²) < 4.78 is 0. The fourth-order valence-electron chi connectivity index (χ4n) is 1.49. The normalized spacial score (nSPS) is 10.6. The summed E-state index contributed by atoms with van der Waals surface area (Å²) in [5.41, 5.74) is 1.13. The van der Waals surface area contributed by atoms with Crippen LogP contribution in [0.5, 0.6) is 0 Å². The number of aromatic amines is 1. The zero-order valence-electron chi connectivity index (χ0n) is 9.16. The molecule has 0 atom stereocenters. The van der Waals surface area contributed by atoms with Crippen molar-refractivity contribution >= 4 is 30.3 Å². The van der Waals surface area contributed by atoms with E-state index in [2.05, 4.69) is 20.3 Å². The molecule has 0 amide bonds. The van der Waals surface area contributed by atoms with Crippen LogP contribution in [0.25, 0.3) is 11.0 Å².